The second-order valence-electron chi connectivity index (χ2n) is 3.53. The number of nitrogens with two attached hydrogens (primary N) is 1. The molecule has 0 aliphatic rings. The van der Waals surface area contributed by atoms with Gasteiger partial charge in [-0.25, -0.2) is 4.39 Å². The zero-order chi connectivity index (χ0) is 12.3. The Balaban J connectivity index is 2.89. The number of hydrogen-bond acceptors (Lipinski definition) is 2. The van der Waals surface area contributed by atoms with Crippen molar-refractivity contribution in [1.82, 2.24) is 5.32 Å². The molecule has 1 aromatic carbocycles. The first-order chi connectivity index (χ1) is 7.43. The molecule has 0 saturated carbocycles. The molecule has 1 amide bonds. The lowest BCUT2D eigenvalue weighted by molar-refractivity contribution is 0.0945. The van der Waals surface area contributed by atoms with Crippen LogP contribution in [0.5, 0.6) is 0 Å². The molecule has 5 heteroatoms. The number of hydrogen-bond donors (Lipinski definition) is 2. The molecule has 0 heterocycles. The molecular formula is C11H13FN2OS. The summed E-state index contributed by atoms with van der Waals surface area (Å²) in [5, 5.41) is 2.52. The van der Waals surface area contributed by atoms with Crippen molar-refractivity contribution in [3.8, 4) is 0 Å². The molecule has 0 fully saturated rings. The minimum Gasteiger partial charge on any atom is -0.392 e. The summed E-state index contributed by atoms with van der Waals surface area (Å²) < 4.78 is 13.6. The van der Waals surface area contributed by atoms with Gasteiger partial charge >= 0.3 is 0 Å². The number of benzene rings is 1. The van der Waals surface area contributed by atoms with Crippen LogP contribution >= 0.6 is 12.2 Å². The van der Waals surface area contributed by atoms with Crippen molar-refractivity contribution in [3.63, 3.8) is 0 Å². The van der Waals surface area contributed by atoms with Crippen LogP contribution in [0, 0.1) is 12.7 Å². The Morgan fingerprint density at radius 1 is 1.56 bits per heavy atom. The van der Waals surface area contributed by atoms with Crippen molar-refractivity contribution >= 4 is 23.1 Å². The lowest BCUT2D eigenvalue weighted by atomic mass is 10.1. The molecule has 0 saturated heterocycles. The predicted molar refractivity (Wildman–Crippen MR) is 64.9 cm³/mol. The van der Waals surface area contributed by atoms with Gasteiger partial charge in [-0.05, 0) is 25.5 Å². The molecule has 3 N–H and O–H groups in total. The molecule has 16 heavy (non-hydrogen) atoms. The van der Waals surface area contributed by atoms with Gasteiger partial charge in [0.1, 0.15) is 5.82 Å². The van der Waals surface area contributed by atoms with E-state index in [1.807, 2.05) is 0 Å². The Morgan fingerprint density at radius 3 is 2.75 bits per heavy atom. The summed E-state index contributed by atoms with van der Waals surface area (Å²) in [6.07, 6.45) is 0. The van der Waals surface area contributed by atoms with E-state index >= 15 is 0 Å². The number of nitrogens with one attached hydrogen (secondary N) is 1. The first kappa shape index (κ1) is 12.6. The van der Waals surface area contributed by atoms with Crippen molar-refractivity contribution in [3.05, 3.63) is 35.1 Å². The van der Waals surface area contributed by atoms with Crippen LogP contribution in [0.3, 0.4) is 0 Å². The first-order valence-corrected chi connectivity index (χ1v) is 5.19. The summed E-state index contributed by atoms with van der Waals surface area (Å²) in [7, 11) is 0. The van der Waals surface area contributed by atoms with Crippen molar-refractivity contribution in [2.75, 3.05) is 0 Å². The number of rotatable bonds is 3. The maximum atomic E-state index is 13.6. The van der Waals surface area contributed by atoms with Gasteiger partial charge in [0.05, 0.1) is 16.6 Å². The van der Waals surface area contributed by atoms with E-state index < -0.39 is 17.8 Å². The highest BCUT2D eigenvalue weighted by Gasteiger charge is 2.15. The first-order valence-electron chi connectivity index (χ1n) is 4.78. The van der Waals surface area contributed by atoms with E-state index in [0.717, 1.165) is 0 Å². The highest BCUT2D eigenvalue weighted by Crippen LogP contribution is 2.11. The van der Waals surface area contributed by atoms with Gasteiger partial charge in [-0.15, -0.1) is 0 Å². The highest BCUT2D eigenvalue weighted by atomic mass is 32.1. The summed E-state index contributed by atoms with van der Waals surface area (Å²) in [6, 6.07) is 4.19. The number of carbonyl (C=O) groups is 1. The van der Waals surface area contributed by atoms with Crippen molar-refractivity contribution in [2.24, 2.45) is 5.73 Å². The van der Waals surface area contributed by atoms with E-state index in [1.54, 1.807) is 26.0 Å². The minimum atomic E-state index is -0.518. The van der Waals surface area contributed by atoms with Crippen LogP contribution in [-0.2, 0) is 0 Å². The fraction of sp³-hybridized carbons (Fsp3) is 0.273. The molecule has 1 atom stereocenters. The summed E-state index contributed by atoms with van der Waals surface area (Å²) in [5.41, 5.74) is 5.78. The van der Waals surface area contributed by atoms with E-state index in [-0.39, 0.29) is 10.6 Å². The maximum absolute atomic E-state index is 13.6. The largest absolute Gasteiger partial charge is 0.392 e. The second-order valence-corrected chi connectivity index (χ2v) is 4.01. The lowest BCUT2D eigenvalue weighted by Gasteiger charge is -2.12. The summed E-state index contributed by atoms with van der Waals surface area (Å²) in [6.45, 7) is 3.25. The summed E-state index contributed by atoms with van der Waals surface area (Å²) >= 11 is 4.71. The van der Waals surface area contributed by atoms with Crippen molar-refractivity contribution < 1.29 is 9.18 Å². The molecule has 0 aromatic heterocycles. The molecule has 1 unspecified atom stereocenters. The van der Waals surface area contributed by atoms with Crippen LogP contribution in [0.4, 0.5) is 4.39 Å². The van der Waals surface area contributed by atoms with E-state index in [9.17, 15) is 9.18 Å². The smallest absolute Gasteiger partial charge is 0.254 e. The zero-order valence-electron chi connectivity index (χ0n) is 9.08. The molecule has 0 bridgehead atoms. The fourth-order valence-electron chi connectivity index (χ4n) is 1.17. The van der Waals surface area contributed by atoms with E-state index in [2.05, 4.69) is 5.32 Å². The Hall–Kier alpha value is -1.49. The number of halogens is 1. The molecule has 1 aromatic rings. The average molecular weight is 240 g/mol. The van der Waals surface area contributed by atoms with Gasteiger partial charge in [0.25, 0.3) is 5.91 Å². The SMILES string of the molecule is Cc1cccc(C(=O)NC(C)C(N)=S)c1F. The van der Waals surface area contributed by atoms with Gasteiger partial charge in [0.15, 0.2) is 0 Å². The third-order valence-electron chi connectivity index (χ3n) is 2.21. The monoisotopic (exact) mass is 240 g/mol. The number of thiocarbonyl (C=S) groups is 1. The van der Waals surface area contributed by atoms with Gasteiger partial charge < -0.3 is 11.1 Å². The number of aryl methyl sites for hydroxylation is 1. The zero-order valence-corrected chi connectivity index (χ0v) is 9.90. The summed E-state index contributed by atoms with van der Waals surface area (Å²) in [5.74, 6) is -1.03. The Kier molecular flexibility index (Phi) is 3.95. The molecule has 0 spiro atoms. The predicted octanol–water partition coefficient (Wildman–Crippen LogP) is 1.54. The van der Waals surface area contributed by atoms with Crippen LogP contribution in [0.25, 0.3) is 0 Å². The lowest BCUT2D eigenvalue weighted by Crippen LogP contribution is -2.41. The van der Waals surface area contributed by atoms with Gasteiger partial charge in [-0.1, -0.05) is 24.4 Å². The Labute approximate surface area is 98.8 Å². The molecule has 0 aliphatic carbocycles. The Bertz CT molecular complexity index is 434. The standard InChI is InChI=1S/C11H13FN2OS/c1-6-4-3-5-8(9(6)12)11(15)14-7(2)10(13)16/h3-5,7H,1-2H3,(H2,13,16)(H,14,15). The van der Waals surface area contributed by atoms with E-state index in [1.165, 1.54) is 6.07 Å². The van der Waals surface area contributed by atoms with Gasteiger partial charge in [0.2, 0.25) is 0 Å². The van der Waals surface area contributed by atoms with E-state index in [0.29, 0.717) is 5.56 Å². The molecule has 0 aliphatic heterocycles. The van der Waals surface area contributed by atoms with Crippen LogP contribution in [-0.4, -0.2) is 16.9 Å². The highest BCUT2D eigenvalue weighted by molar-refractivity contribution is 7.80. The molecule has 86 valence electrons. The van der Waals surface area contributed by atoms with Crippen LogP contribution < -0.4 is 11.1 Å². The van der Waals surface area contributed by atoms with Gasteiger partial charge in [0, 0.05) is 0 Å². The average Bonchev–Trinajstić information content (AvgIpc) is 2.21. The van der Waals surface area contributed by atoms with Crippen LogP contribution in [0.1, 0.15) is 22.8 Å². The summed E-state index contributed by atoms with van der Waals surface area (Å²) in [4.78, 5) is 11.8. The van der Waals surface area contributed by atoms with Crippen LogP contribution in [0.15, 0.2) is 18.2 Å². The minimum absolute atomic E-state index is 0.00287. The maximum Gasteiger partial charge on any atom is 0.254 e. The van der Waals surface area contributed by atoms with Crippen LogP contribution in [0.2, 0.25) is 0 Å². The molecular weight excluding hydrogens is 227 g/mol. The van der Waals surface area contributed by atoms with Crippen molar-refractivity contribution in [1.29, 1.82) is 0 Å². The molecule has 1 rings (SSSR count). The normalized spacial score (nSPS) is 11.9. The molecule has 0 radical (unpaired) electrons. The van der Waals surface area contributed by atoms with Crippen molar-refractivity contribution in [2.45, 2.75) is 19.9 Å². The second kappa shape index (κ2) is 5.03. The topological polar surface area (TPSA) is 55.1 Å². The fourth-order valence-corrected chi connectivity index (χ4v) is 1.23. The van der Waals surface area contributed by atoms with Gasteiger partial charge in [-0.2, -0.15) is 0 Å². The number of amides is 1. The third-order valence-corrected chi connectivity index (χ3v) is 2.56. The third kappa shape index (κ3) is 2.76. The quantitative estimate of drug-likeness (QED) is 0.788. The van der Waals surface area contributed by atoms with Gasteiger partial charge in [-0.3, -0.25) is 4.79 Å². The number of carbonyl (C=O) groups excluding carboxylic acids is 1. The van der Waals surface area contributed by atoms with E-state index in [4.69, 9.17) is 18.0 Å². The Morgan fingerprint density at radius 2 is 2.19 bits per heavy atom. The molecule has 3 nitrogen and oxygen atoms in total.